The van der Waals surface area contributed by atoms with Gasteiger partial charge in [-0.2, -0.15) is 0 Å². The molecule has 2 aromatic carbocycles. The molecular weight excluding hydrogens is 319 g/mol. The van der Waals surface area contributed by atoms with E-state index in [0.29, 0.717) is 0 Å². The standard InChI is InChI=1S/C19H19FN4O/c1-25-16-6-7-18-17(12-16)19(22-13-21-18)24-10-8-23(9-11-24)15-4-2-14(20)3-5-15/h2-7,12-13H,8-11H2,1H3. The first-order valence-corrected chi connectivity index (χ1v) is 8.29. The minimum Gasteiger partial charge on any atom is -0.497 e. The zero-order chi connectivity index (χ0) is 17.2. The third-order valence-corrected chi connectivity index (χ3v) is 4.59. The second-order valence-corrected chi connectivity index (χ2v) is 6.03. The van der Waals surface area contributed by atoms with Gasteiger partial charge in [-0.15, -0.1) is 0 Å². The van der Waals surface area contributed by atoms with E-state index in [-0.39, 0.29) is 5.82 Å². The van der Waals surface area contributed by atoms with E-state index in [0.717, 1.165) is 54.3 Å². The van der Waals surface area contributed by atoms with Crippen molar-refractivity contribution < 1.29 is 9.13 Å². The number of methoxy groups -OCH3 is 1. The maximum absolute atomic E-state index is 13.1. The Morgan fingerprint density at radius 1 is 0.920 bits per heavy atom. The van der Waals surface area contributed by atoms with Crippen molar-refractivity contribution in [3.63, 3.8) is 0 Å². The van der Waals surface area contributed by atoms with Gasteiger partial charge in [0, 0.05) is 37.3 Å². The highest BCUT2D eigenvalue weighted by atomic mass is 19.1. The summed E-state index contributed by atoms with van der Waals surface area (Å²) in [6, 6.07) is 12.5. The van der Waals surface area contributed by atoms with E-state index in [2.05, 4.69) is 19.8 Å². The number of ether oxygens (including phenoxy) is 1. The highest BCUT2D eigenvalue weighted by molar-refractivity contribution is 5.90. The minimum atomic E-state index is -0.205. The summed E-state index contributed by atoms with van der Waals surface area (Å²) in [6.07, 6.45) is 1.61. The average molecular weight is 338 g/mol. The van der Waals surface area contributed by atoms with Gasteiger partial charge in [0.05, 0.1) is 12.6 Å². The molecule has 0 unspecified atom stereocenters. The van der Waals surface area contributed by atoms with Crippen molar-refractivity contribution in [2.75, 3.05) is 43.1 Å². The fourth-order valence-corrected chi connectivity index (χ4v) is 3.23. The number of fused-ring (bicyclic) bond motifs is 1. The predicted molar refractivity (Wildman–Crippen MR) is 96.9 cm³/mol. The molecule has 0 amide bonds. The fourth-order valence-electron chi connectivity index (χ4n) is 3.23. The average Bonchev–Trinajstić information content (AvgIpc) is 2.68. The molecule has 6 heteroatoms. The Labute approximate surface area is 145 Å². The van der Waals surface area contributed by atoms with Crippen LogP contribution in [0.5, 0.6) is 5.75 Å². The highest BCUT2D eigenvalue weighted by Crippen LogP contribution is 2.28. The molecule has 0 atom stereocenters. The summed E-state index contributed by atoms with van der Waals surface area (Å²) in [6.45, 7) is 3.42. The predicted octanol–water partition coefficient (Wildman–Crippen LogP) is 3.10. The van der Waals surface area contributed by atoms with Crippen LogP contribution in [0.3, 0.4) is 0 Å². The summed E-state index contributed by atoms with van der Waals surface area (Å²) in [7, 11) is 1.66. The Bertz CT molecular complexity index is 876. The first-order chi connectivity index (χ1) is 12.2. The molecule has 0 aliphatic carbocycles. The van der Waals surface area contributed by atoms with Gasteiger partial charge in [0.1, 0.15) is 23.7 Å². The summed E-state index contributed by atoms with van der Waals surface area (Å²) in [4.78, 5) is 13.4. The van der Waals surface area contributed by atoms with Crippen LogP contribution in [0.4, 0.5) is 15.9 Å². The highest BCUT2D eigenvalue weighted by Gasteiger charge is 2.20. The van der Waals surface area contributed by atoms with Gasteiger partial charge >= 0.3 is 0 Å². The number of aromatic nitrogens is 2. The fraction of sp³-hybridized carbons (Fsp3) is 0.263. The van der Waals surface area contributed by atoms with Crippen LogP contribution in [-0.4, -0.2) is 43.3 Å². The van der Waals surface area contributed by atoms with E-state index < -0.39 is 0 Å². The van der Waals surface area contributed by atoms with Crippen LogP contribution in [0.1, 0.15) is 0 Å². The molecule has 128 valence electrons. The molecule has 0 radical (unpaired) electrons. The van der Waals surface area contributed by atoms with Crippen molar-refractivity contribution >= 4 is 22.4 Å². The smallest absolute Gasteiger partial charge is 0.140 e. The van der Waals surface area contributed by atoms with Gasteiger partial charge in [-0.05, 0) is 42.5 Å². The van der Waals surface area contributed by atoms with Gasteiger partial charge in [-0.25, -0.2) is 14.4 Å². The van der Waals surface area contributed by atoms with Crippen LogP contribution in [0, 0.1) is 5.82 Å². The van der Waals surface area contributed by atoms with Crippen molar-refractivity contribution in [3.8, 4) is 5.75 Å². The lowest BCUT2D eigenvalue weighted by Gasteiger charge is -2.37. The first-order valence-electron chi connectivity index (χ1n) is 8.29. The van der Waals surface area contributed by atoms with E-state index in [1.54, 1.807) is 13.4 Å². The molecule has 1 aliphatic rings. The number of halogens is 1. The Morgan fingerprint density at radius 3 is 2.36 bits per heavy atom. The third kappa shape index (κ3) is 3.07. The lowest BCUT2D eigenvalue weighted by molar-refractivity contribution is 0.415. The quantitative estimate of drug-likeness (QED) is 0.734. The Kier molecular flexibility index (Phi) is 4.09. The maximum atomic E-state index is 13.1. The van der Waals surface area contributed by atoms with Crippen molar-refractivity contribution in [1.82, 2.24) is 9.97 Å². The molecule has 0 N–H and O–H groups in total. The Hall–Kier alpha value is -2.89. The number of hydrogen-bond donors (Lipinski definition) is 0. The molecular formula is C19H19FN4O. The summed E-state index contributed by atoms with van der Waals surface area (Å²) in [5.41, 5.74) is 1.96. The summed E-state index contributed by atoms with van der Waals surface area (Å²) in [5, 5.41) is 0.997. The SMILES string of the molecule is COc1ccc2ncnc(N3CCN(c4ccc(F)cc4)CC3)c2c1. The number of anilines is 2. The molecule has 1 saturated heterocycles. The van der Waals surface area contributed by atoms with Crippen molar-refractivity contribution in [3.05, 3.63) is 54.6 Å². The Morgan fingerprint density at radius 2 is 1.64 bits per heavy atom. The third-order valence-electron chi connectivity index (χ3n) is 4.59. The topological polar surface area (TPSA) is 41.5 Å². The van der Waals surface area contributed by atoms with Crippen molar-refractivity contribution in [2.45, 2.75) is 0 Å². The molecule has 25 heavy (non-hydrogen) atoms. The van der Waals surface area contributed by atoms with Gasteiger partial charge in [-0.3, -0.25) is 0 Å². The molecule has 4 rings (SSSR count). The van der Waals surface area contributed by atoms with Gasteiger partial charge in [0.15, 0.2) is 0 Å². The largest absolute Gasteiger partial charge is 0.497 e. The van der Waals surface area contributed by atoms with Crippen LogP contribution in [0.2, 0.25) is 0 Å². The van der Waals surface area contributed by atoms with Gasteiger partial charge < -0.3 is 14.5 Å². The van der Waals surface area contributed by atoms with Crippen molar-refractivity contribution in [1.29, 1.82) is 0 Å². The molecule has 5 nitrogen and oxygen atoms in total. The molecule has 2 heterocycles. The summed E-state index contributed by atoms with van der Waals surface area (Å²) >= 11 is 0. The monoisotopic (exact) mass is 338 g/mol. The maximum Gasteiger partial charge on any atom is 0.140 e. The van der Waals surface area contributed by atoms with Crippen LogP contribution in [0.15, 0.2) is 48.8 Å². The first kappa shape index (κ1) is 15.6. The van der Waals surface area contributed by atoms with Crippen molar-refractivity contribution in [2.24, 2.45) is 0 Å². The Balaban J connectivity index is 1.56. The number of piperazine rings is 1. The second kappa shape index (κ2) is 6.55. The molecule has 1 aromatic heterocycles. The summed E-state index contributed by atoms with van der Waals surface area (Å²) in [5.74, 6) is 1.53. The normalized spacial score (nSPS) is 14.8. The van der Waals surface area contributed by atoms with Crippen LogP contribution < -0.4 is 14.5 Å². The van der Waals surface area contributed by atoms with E-state index in [1.807, 2.05) is 30.3 Å². The lowest BCUT2D eigenvalue weighted by Crippen LogP contribution is -2.46. The minimum absolute atomic E-state index is 0.205. The van der Waals surface area contributed by atoms with Gasteiger partial charge in [-0.1, -0.05) is 0 Å². The molecule has 3 aromatic rings. The lowest BCUT2D eigenvalue weighted by atomic mass is 10.2. The van der Waals surface area contributed by atoms with E-state index in [4.69, 9.17) is 4.74 Å². The second-order valence-electron chi connectivity index (χ2n) is 6.03. The van der Waals surface area contributed by atoms with Crippen LogP contribution in [-0.2, 0) is 0 Å². The van der Waals surface area contributed by atoms with Gasteiger partial charge in [0.25, 0.3) is 0 Å². The van der Waals surface area contributed by atoms with E-state index in [9.17, 15) is 4.39 Å². The number of hydrogen-bond acceptors (Lipinski definition) is 5. The zero-order valence-electron chi connectivity index (χ0n) is 14.0. The molecule has 0 saturated carbocycles. The molecule has 0 spiro atoms. The molecule has 1 aliphatic heterocycles. The number of benzene rings is 2. The van der Waals surface area contributed by atoms with Crippen LogP contribution >= 0.6 is 0 Å². The zero-order valence-corrected chi connectivity index (χ0v) is 14.0. The van der Waals surface area contributed by atoms with Crippen LogP contribution in [0.25, 0.3) is 10.9 Å². The molecule has 1 fully saturated rings. The van der Waals surface area contributed by atoms with E-state index in [1.165, 1.54) is 12.1 Å². The van der Waals surface area contributed by atoms with E-state index >= 15 is 0 Å². The number of nitrogens with zero attached hydrogens (tertiary/aromatic N) is 4. The van der Waals surface area contributed by atoms with Gasteiger partial charge in [0.2, 0.25) is 0 Å². The molecule has 0 bridgehead atoms. The summed E-state index contributed by atoms with van der Waals surface area (Å²) < 4.78 is 18.4. The number of rotatable bonds is 3.